The molecular formula is C21H20N4S. The van der Waals surface area contributed by atoms with Crippen LogP contribution in [-0.4, -0.2) is 28.0 Å². The van der Waals surface area contributed by atoms with Crippen LogP contribution in [0.4, 0.5) is 5.13 Å². The van der Waals surface area contributed by atoms with Crippen molar-refractivity contribution < 1.29 is 0 Å². The summed E-state index contributed by atoms with van der Waals surface area (Å²) in [5.74, 6) is 1.64. The molecule has 0 bridgehead atoms. The molecule has 2 aromatic heterocycles. The third kappa shape index (κ3) is 2.88. The summed E-state index contributed by atoms with van der Waals surface area (Å²) in [6, 6.07) is 18.8. The van der Waals surface area contributed by atoms with Gasteiger partial charge in [0.1, 0.15) is 5.82 Å². The zero-order chi connectivity index (χ0) is 17.3. The van der Waals surface area contributed by atoms with Crippen LogP contribution in [0.3, 0.4) is 0 Å². The number of anilines is 1. The molecule has 1 fully saturated rings. The molecule has 4 aromatic rings. The molecule has 0 radical (unpaired) electrons. The average molecular weight is 360 g/mol. The summed E-state index contributed by atoms with van der Waals surface area (Å²) in [5.41, 5.74) is 3.45. The third-order valence-electron chi connectivity index (χ3n) is 5.11. The largest absolute Gasteiger partial charge is 0.348 e. The molecule has 0 amide bonds. The van der Waals surface area contributed by atoms with E-state index in [0.29, 0.717) is 5.92 Å². The molecule has 5 rings (SSSR count). The number of aromatic nitrogens is 3. The minimum Gasteiger partial charge on any atom is -0.348 e. The van der Waals surface area contributed by atoms with Gasteiger partial charge in [-0.2, -0.15) is 0 Å². The van der Waals surface area contributed by atoms with E-state index in [9.17, 15) is 0 Å². The van der Waals surface area contributed by atoms with Gasteiger partial charge < -0.3 is 9.88 Å². The predicted octanol–water partition coefficient (Wildman–Crippen LogP) is 5.07. The van der Waals surface area contributed by atoms with Gasteiger partial charge in [-0.3, -0.25) is 0 Å². The number of hydrogen-bond acceptors (Lipinski definition) is 4. The van der Waals surface area contributed by atoms with E-state index < -0.39 is 0 Å². The molecule has 26 heavy (non-hydrogen) atoms. The smallest absolute Gasteiger partial charge is 0.185 e. The van der Waals surface area contributed by atoms with Crippen LogP contribution >= 0.6 is 11.3 Å². The molecule has 1 saturated heterocycles. The number of nitrogens with zero attached hydrogens (tertiary/aromatic N) is 3. The summed E-state index contributed by atoms with van der Waals surface area (Å²) in [7, 11) is 0. The number of rotatable bonds is 3. The highest BCUT2D eigenvalue weighted by molar-refractivity contribution is 7.18. The van der Waals surface area contributed by atoms with Gasteiger partial charge in [-0.1, -0.05) is 53.8 Å². The second-order valence-electron chi connectivity index (χ2n) is 6.77. The van der Waals surface area contributed by atoms with Gasteiger partial charge in [-0.25, -0.2) is 9.97 Å². The number of fused-ring (bicyclic) bond motifs is 1. The summed E-state index contributed by atoms with van der Waals surface area (Å²) in [6.07, 6.45) is 4.22. The van der Waals surface area contributed by atoms with Crippen molar-refractivity contribution in [2.45, 2.75) is 18.8 Å². The second kappa shape index (κ2) is 6.57. The summed E-state index contributed by atoms with van der Waals surface area (Å²) >= 11 is 1.78. The number of aromatic amines is 1. The van der Waals surface area contributed by atoms with Gasteiger partial charge in [-0.15, -0.1) is 0 Å². The molecule has 0 spiro atoms. The monoisotopic (exact) mass is 360 g/mol. The molecular weight excluding hydrogens is 340 g/mol. The minimum absolute atomic E-state index is 0.507. The fourth-order valence-corrected chi connectivity index (χ4v) is 4.63. The molecule has 3 heterocycles. The van der Waals surface area contributed by atoms with E-state index >= 15 is 0 Å². The summed E-state index contributed by atoms with van der Waals surface area (Å²) < 4.78 is 0. The number of para-hydroxylation sites is 2. The summed E-state index contributed by atoms with van der Waals surface area (Å²) in [5, 5.41) is 1.13. The highest BCUT2D eigenvalue weighted by Crippen LogP contribution is 2.35. The van der Waals surface area contributed by atoms with E-state index in [1.165, 1.54) is 10.4 Å². The molecule has 5 heteroatoms. The van der Waals surface area contributed by atoms with Crippen molar-refractivity contribution >= 4 is 27.5 Å². The van der Waals surface area contributed by atoms with Crippen molar-refractivity contribution in [2.75, 3.05) is 18.0 Å². The number of thiazole rings is 1. The third-order valence-corrected chi connectivity index (χ3v) is 6.22. The van der Waals surface area contributed by atoms with Crippen LogP contribution in [0, 0.1) is 0 Å². The average Bonchev–Trinajstić information content (AvgIpc) is 3.36. The molecule has 1 N–H and O–H groups in total. The molecule has 1 aliphatic heterocycles. The van der Waals surface area contributed by atoms with Gasteiger partial charge >= 0.3 is 0 Å². The Balaban J connectivity index is 1.29. The van der Waals surface area contributed by atoms with E-state index in [-0.39, 0.29) is 0 Å². The standard InChI is InChI=1S/C21H20N4S/c1-2-6-15(7-3-1)19-14-22-21(26-19)25-12-10-16(11-13-25)20-23-17-8-4-5-9-18(17)24-20/h1-9,14,16H,10-13H2,(H,23,24). The number of hydrogen-bond donors (Lipinski definition) is 1. The van der Waals surface area contributed by atoms with E-state index in [1.54, 1.807) is 11.3 Å². The maximum absolute atomic E-state index is 4.79. The molecule has 0 unspecified atom stereocenters. The lowest BCUT2D eigenvalue weighted by Gasteiger charge is -2.30. The van der Waals surface area contributed by atoms with Gasteiger partial charge in [0.05, 0.1) is 15.9 Å². The number of H-pyrrole nitrogens is 1. The van der Waals surface area contributed by atoms with Crippen LogP contribution in [-0.2, 0) is 0 Å². The van der Waals surface area contributed by atoms with Gasteiger partial charge in [0.15, 0.2) is 5.13 Å². The number of imidazole rings is 1. The van der Waals surface area contributed by atoms with E-state index in [2.05, 4.69) is 57.3 Å². The maximum atomic E-state index is 4.79. The Morgan fingerprint density at radius 3 is 2.54 bits per heavy atom. The van der Waals surface area contributed by atoms with Crippen molar-refractivity contribution in [2.24, 2.45) is 0 Å². The number of piperidine rings is 1. The molecule has 0 aliphatic carbocycles. The van der Waals surface area contributed by atoms with Crippen molar-refractivity contribution in [3.8, 4) is 10.4 Å². The Morgan fingerprint density at radius 1 is 0.962 bits per heavy atom. The quantitative estimate of drug-likeness (QED) is 0.555. The van der Waals surface area contributed by atoms with E-state index in [1.807, 2.05) is 18.3 Å². The second-order valence-corrected chi connectivity index (χ2v) is 7.78. The Kier molecular flexibility index (Phi) is 3.94. The van der Waals surface area contributed by atoms with Crippen LogP contribution in [0.25, 0.3) is 21.5 Å². The lowest BCUT2D eigenvalue weighted by atomic mass is 9.96. The zero-order valence-electron chi connectivity index (χ0n) is 14.4. The Bertz CT molecular complexity index is 980. The highest BCUT2D eigenvalue weighted by atomic mass is 32.1. The summed E-state index contributed by atoms with van der Waals surface area (Å²) in [6.45, 7) is 2.06. The van der Waals surface area contributed by atoms with E-state index in [4.69, 9.17) is 4.98 Å². The first-order valence-electron chi connectivity index (χ1n) is 9.08. The van der Waals surface area contributed by atoms with Gasteiger partial charge in [0.2, 0.25) is 0 Å². The fraction of sp³-hybridized carbons (Fsp3) is 0.238. The molecule has 1 aliphatic rings. The topological polar surface area (TPSA) is 44.8 Å². The first kappa shape index (κ1) is 15.6. The molecule has 2 aromatic carbocycles. The normalized spacial score (nSPS) is 15.6. The van der Waals surface area contributed by atoms with Crippen LogP contribution in [0.15, 0.2) is 60.8 Å². The van der Waals surface area contributed by atoms with Crippen molar-refractivity contribution in [3.63, 3.8) is 0 Å². The molecule has 4 nitrogen and oxygen atoms in total. The maximum Gasteiger partial charge on any atom is 0.185 e. The first-order valence-corrected chi connectivity index (χ1v) is 9.89. The van der Waals surface area contributed by atoms with Crippen LogP contribution in [0.1, 0.15) is 24.6 Å². The van der Waals surface area contributed by atoms with Crippen LogP contribution in [0.5, 0.6) is 0 Å². The molecule has 0 atom stereocenters. The molecule has 130 valence electrons. The predicted molar refractivity (Wildman–Crippen MR) is 108 cm³/mol. The first-order chi connectivity index (χ1) is 12.9. The van der Waals surface area contributed by atoms with Crippen LogP contribution in [0.2, 0.25) is 0 Å². The van der Waals surface area contributed by atoms with Crippen molar-refractivity contribution in [1.82, 2.24) is 15.0 Å². The molecule has 0 saturated carbocycles. The van der Waals surface area contributed by atoms with Gasteiger partial charge in [0.25, 0.3) is 0 Å². The van der Waals surface area contributed by atoms with Crippen LogP contribution < -0.4 is 4.90 Å². The Morgan fingerprint density at radius 2 is 1.73 bits per heavy atom. The Labute approximate surface area is 156 Å². The number of nitrogens with one attached hydrogen (secondary N) is 1. The van der Waals surface area contributed by atoms with Crippen molar-refractivity contribution in [1.29, 1.82) is 0 Å². The van der Waals surface area contributed by atoms with Gasteiger partial charge in [0, 0.05) is 25.2 Å². The van der Waals surface area contributed by atoms with Crippen molar-refractivity contribution in [3.05, 3.63) is 66.6 Å². The zero-order valence-corrected chi connectivity index (χ0v) is 15.2. The lowest BCUT2D eigenvalue weighted by molar-refractivity contribution is 0.489. The van der Waals surface area contributed by atoms with E-state index in [0.717, 1.165) is 47.9 Å². The highest BCUT2D eigenvalue weighted by Gasteiger charge is 2.24. The SMILES string of the molecule is c1ccc(-c2cnc(N3CCC(c4nc5ccccc5[nH]4)CC3)s2)cc1. The lowest BCUT2D eigenvalue weighted by Crippen LogP contribution is -2.33. The minimum atomic E-state index is 0.507. The number of benzene rings is 2. The summed E-state index contributed by atoms with van der Waals surface area (Å²) in [4.78, 5) is 16.6. The van der Waals surface area contributed by atoms with Gasteiger partial charge in [-0.05, 0) is 30.5 Å². The Hall–Kier alpha value is -2.66. The fourth-order valence-electron chi connectivity index (χ4n) is 3.66.